The molecule has 1 atom stereocenters. The van der Waals surface area contributed by atoms with Crippen LogP contribution in [0.3, 0.4) is 0 Å². The lowest BCUT2D eigenvalue weighted by Crippen LogP contribution is -2.15. The van der Waals surface area contributed by atoms with Crippen molar-refractivity contribution in [3.8, 4) is 16.9 Å². The van der Waals surface area contributed by atoms with Gasteiger partial charge < -0.3 is 4.74 Å². The number of benzene rings is 2. The number of hydrogen-bond acceptors (Lipinski definition) is 2. The van der Waals surface area contributed by atoms with E-state index in [2.05, 4.69) is 71.9 Å². The van der Waals surface area contributed by atoms with Gasteiger partial charge in [0.25, 0.3) is 0 Å². The Morgan fingerprint density at radius 1 is 1.15 bits per heavy atom. The third-order valence-corrected chi connectivity index (χ3v) is 5.84. The number of carbonyl (C=O) groups is 1. The van der Waals surface area contributed by atoms with E-state index in [0.29, 0.717) is 11.7 Å². The molecular weight excluding hydrogens is 332 g/mol. The number of hydrogen-bond donors (Lipinski definition) is 0. The van der Waals surface area contributed by atoms with Gasteiger partial charge in [0.05, 0.1) is 7.11 Å². The van der Waals surface area contributed by atoms with Gasteiger partial charge in [-0.3, -0.25) is 4.79 Å². The summed E-state index contributed by atoms with van der Waals surface area (Å²) in [5.41, 5.74) is 6.64. The molecule has 1 aliphatic carbocycles. The van der Waals surface area contributed by atoms with E-state index >= 15 is 0 Å². The molecule has 0 radical (unpaired) electrons. The standard InChI is InChI=1S/C25H32O2/c1-8-16-13-19-20(23(16)26)14-21(25(4,5)6)24(27-7)22(19)18-11-9-17(10-12-18)15(2)3/h9-12,14-16H,8,13H2,1-7H3. The quantitative estimate of drug-likeness (QED) is 0.615. The molecular formula is C25H32O2. The first-order valence-electron chi connectivity index (χ1n) is 10.1. The second-order valence-electron chi connectivity index (χ2n) is 9.06. The number of ether oxygens (including phenoxy) is 1. The molecule has 0 aromatic heterocycles. The molecule has 0 saturated heterocycles. The van der Waals surface area contributed by atoms with E-state index in [1.165, 1.54) is 5.56 Å². The second-order valence-corrected chi connectivity index (χ2v) is 9.06. The summed E-state index contributed by atoms with van der Waals surface area (Å²) in [7, 11) is 1.75. The summed E-state index contributed by atoms with van der Waals surface area (Å²) in [5.74, 6) is 1.80. The van der Waals surface area contributed by atoms with Crippen LogP contribution in [0, 0.1) is 5.92 Å². The molecule has 2 nitrogen and oxygen atoms in total. The first kappa shape index (κ1) is 19.7. The SMILES string of the molecule is CCC1Cc2c(cc(C(C)(C)C)c(OC)c2-c2ccc(C(C)C)cc2)C1=O. The highest BCUT2D eigenvalue weighted by Crippen LogP contribution is 2.47. The molecule has 0 aliphatic heterocycles. The topological polar surface area (TPSA) is 26.3 Å². The van der Waals surface area contributed by atoms with Crippen LogP contribution in [0.1, 0.15) is 80.9 Å². The smallest absolute Gasteiger partial charge is 0.166 e. The third kappa shape index (κ3) is 3.42. The first-order valence-corrected chi connectivity index (χ1v) is 10.1. The minimum Gasteiger partial charge on any atom is -0.496 e. The molecule has 2 aromatic rings. The molecule has 0 heterocycles. The van der Waals surface area contributed by atoms with E-state index < -0.39 is 0 Å². The molecule has 144 valence electrons. The molecule has 27 heavy (non-hydrogen) atoms. The predicted molar refractivity (Wildman–Crippen MR) is 113 cm³/mol. The van der Waals surface area contributed by atoms with E-state index in [4.69, 9.17) is 4.74 Å². The van der Waals surface area contributed by atoms with Crippen LogP contribution in [0.4, 0.5) is 0 Å². The molecule has 0 N–H and O–H groups in total. The molecule has 0 saturated carbocycles. The zero-order valence-corrected chi connectivity index (χ0v) is 17.8. The van der Waals surface area contributed by atoms with Crippen LogP contribution in [0.2, 0.25) is 0 Å². The van der Waals surface area contributed by atoms with Gasteiger partial charge in [-0.15, -0.1) is 0 Å². The van der Waals surface area contributed by atoms with Crippen molar-refractivity contribution >= 4 is 5.78 Å². The zero-order chi connectivity index (χ0) is 19.9. The number of Topliss-reactive ketones (excluding diaryl/α,β-unsaturated/α-hetero) is 1. The number of fused-ring (bicyclic) bond motifs is 1. The van der Waals surface area contributed by atoms with Crippen LogP contribution < -0.4 is 4.74 Å². The molecule has 0 spiro atoms. The van der Waals surface area contributed by atoms with Gasteiger partial charge >= 0.3 is 0 Å². The minimum absolute atomic E-state index is 0.0913. The second kappa shape index (κ2) is 7.14. The van der Waals surface area contributed by atoms with Gasteiger partial charge in [-0.2, -0.15) is 0 Å². The Bertz CT molecular complexity index is 851. The van der Waals surface area contributed by atoms with Crippen molar-refractivity contribution in [2.24, 2.45) is 5.92 Å². The zero-order valence-electron chi connectivity index (χ0n) is 17.8. The largest absolute Gasteiger partial charge is 0.496 e. The van der Waals surface area contributed by atoms with Crippen LogP contribution in [0.25, 0.3) is 11.1 Å². The Balaban J connectivity index is 2.30. The fraction of sp³-hybridized carbons (Fsp3) is 0.480. The molecule has 2 heteroatoms. The lowest BCUT2D eigenvalue weighted by atomic mass is 9.81. The predicted octanol–water partition coefficient (Wildman–Crippen LogP) is 6.55. The maximum atomic E-state index is 13.0. The first-order chi connectivity index (χ1) is 12.7. The summed E-state index contributed by atoms with van der Waals surface area (Å²) in [6.07, 6.45) is 1.69. The number of rotatable bonds is 4. The lowest BCUT2D eigenvalue weighted by Gasteiger charge is -2.26. The van der Waals surface area contributed by atoms with E-state index in [0.717, 1.165) is 46.4 Å². The average Bonchev–Trinajstić information content (AvgIpc) is 2.95. The van der Waals surface area contributed by atoms with Gasteiger partial charge in [0.2, 0.25) is 0 Å². The molecule has 0 fully saturated rings. The summed E-state index contributed by atoms with van der Waals surface area (Å²) in [4.78, 5) is 13.0. The Morgan fingerprint density at radius 2 is 1.78 bits per heavy atom. The molecule has 1 aliphatic rings. The van der Waals surface area contributed by atoms with Crippen LogP contribution in [-0.4, -0.2) is 12.9 Å². The van der Waals surface area contributed by atoms with Crippen LogP contribution in [0.5, 0.6) is 5.75 Å². The maximum absolute atomic E-state index is 13.0. The lowest BCUT2D eigenvalue weighted by molar-refractivity contribution is 0.0934. The Morgan fingerprint density at radius 3 is 2.26 bits per heavy atom. The highest BCUT2D eigenvalue weighted by Gasteiger charge is 2.36. The van der Waals surface area contributed by atoms with E-state index in [-0.39, 0.29) is 11.3 Å². The van der Waals surface area contributed by atoms with Crippen molar-refractivity contribution in [2.45, 2.75) is 65.7 Å². The fourth-order valence-corrected chi connectivity index (χ4v) is 4.13. The summed E-state index contributed by atoms with van der Waals surface area (Å²) >= 11 is 0. The van der Waals surface area contributed by atoms with Crippen molar-refractivity contribution in [2.75, 3.05) is 7.11 Å². The molecule has 1 unspecified atom stereocenters. The molecule has 3 rings (SSSR count). The maximum Gasteiger partial charge on any atom is 0.166 e. The van der Waals surface area contributed by atoms with Gasteiger partial charge in [0, 0.05) is 22.6 Å². The van der Waals surface area contributed by atoms with E-state index in [9.17, 15) is 4.79 Å². The van der Waals surface area contributed by atoms with Gasteiger partial charge in [-0.1, -0.05) is 65.8 Å². The van der Waals surface area contributed by atoms with Crippen molar-refractivity contribution in [1.82, 2.24) is 0 Å². The highest BCUT2D eigenvalue weighted by molar-refractivity contribution is 6.05. The minimum atomic E-state index is -0.0996. The molecule has 2 aromatic carbocycles. The number of methoxy groups -OCH3 is 1. The van der Waals surface area contributed by atoms with Crippen molar-refractivity contribution in [3.05, 3.63) is 52.6 Å². The summed E-state index contributed by atoms with van der Waals surface area (Å²) in [6, 6.07) is 10.9. The van der Waals surface area contributed by atoms with Gasteiger partial charge in [0.1, 0.15) is 5.75 Å². The van der Waals surface area contributed by atoms with E-state index in [1.54, 1.807) is 7.11 Å². The average molecular weight is 365 g/mol. The Hall–Kier alpha value is -2.09. The Kier molecular flexibility index (Phi) is 5.20. The Labute approximate surface area is 164 Å². The van der Waals surface area contributed by atoms with Gasteiger partial charge in [-0.05, 0) is 46.9 Å². The number of carbonyl (C=O) groups excluding carboxylic acids is 1. The van der Waals surface area contributed by atoms with Crippen LogP contribution in [0.15, 0.2) is 30.3 Å². The summed E-state index contributed by atoms with van der Waals surface area (Å²) in [6.45, 7) is 13.1. The molecule has 0 amide bonds. The summed E-state index contributed by atoms with van der Waals surface area (Å²) < 4.78 is 5.95. The van der Waals surface area contributed by atoms with E-state index in [1.807, 2.05) is 0 Å². The summed E-state index contributed by atoms with van der Waals surface area (Å²) in [5, 5.41) is 0. The highest BCUT2D eigenvalue weighted by atomic mass is 16.5. The number of ketones is 1. The van der Waals surface area contributed by atoms with Crippen LogP contribution >= 0.6 is 0 Å². The van der Waals surface area contributed by atoms with Crippen molar-refractivity contribution < 1.29 is 9.53 Å². The molecule has 0 bridgehead atoms. The van der Waals surface area contributed by atoms with Crippen LogP contribution in [-0.2, 0) is 11.8 Å². The van der Waals surface area contributed by atoms with Gasteiger partial charge in [-0.25, -0.2) is 0 Å². The third-order valence-electron chi connectivity index (χ3n) is 5.84. The van der Waals surface area contributed by atoms with Gasteiger partial charge in [0.15, 0.2) is 5.78 Å². The monoisotopic (exact) mass is 364 g/mol. The fourth-order valence-electron chi connectivity index (χ4n) is 4.13. The van der Waals surface area contributed by atoms with Crippen molar-refractivity contribution in [3.63, 3.8) is 0 Å². The van der Waals surface area contributed by atoms with Crippen molar-refractivity contribution in [1.29, 1.82) is 0 Å². The normalized spacial score (nSPS) is 16.7.